The van der Waals surface area contributed by atoms with Gasteiger partial charge in [-0.15, -0.1) is 6.58 Å². The Morgan fingerprint density at radius 2 is 2.19 bits per heavy atom. The summed E-state index contributed by atoms with van der Waals surface area (Å²) < 4.78 is 5.65. The zero-order chi connectivity index (χ0) is 11.4. The highest BCUT2D eigenvalue weighted by Gasteiger charge is 2.04. The van der Waals surface area contributed by atoms with E-state index in [4.69, 9.17) is 4.74 Å². The third-order valence-electron chi connectivity index (χ3n) is 2.46. The fraction of sp³-hybridized carbons (Fsp3) is 0.200. The summed E-state index contributed by atoms with van der Waals surface area (Å²) in [7, 11) is 0. The van der Waals surface area contributed by atoms with E-state index < -0.39 is 0 Å². The molecule has 1 radical (unpaired) electrons. The molecule has 0 unspecified atom stereocenters. The Morgan fingerprint density at radius 1 is 1.38 bits per heavy atom. The maximum atomic E-state index is 5.65. The van der Waals surface area contributed by atoms with Crippen molar-refractivity contribution < 1.29 is 4.74 Å². The minimum atomic E-state index is 0.682. The van der Waals surface area contributed by atoms with Gasteiger partial charge in [-0.25, -0.2) is 0 Å². The Kier molecular flexibility index (Phi) is 3.25. The Bertz CT molecular complexity index is 500. The molecule has 1 heteroatoms. The summed E-state index contributed by atoms with van der Waals surface area (Å²) in [5.74, 6) is 0.939. The number of benzene rings is 2. The van der Waals surface area contributed by atoms with Gasteiger partial charge in [-0.3, -0.25) is 0 Å². The van der Waals surface area contributed by atoms with Crippen LogP contribution in [0.4, 0.5) is 0 Å². The first kappa shape index (κ1) is 10.7. The fourth-order valence-electron chi connectivity index (χ4n) is 1.79. The molecule has 2 rings (SSSR count). The molecule has 2 aromatic carbocycles. The minimum Gasteiger partial charge on any atom is -0.493 e. The van der Waals surface area contributed by atoms with Crippen LogP contribution in [0.15, 0.2) is 43.0 Å². The minimum absolute atomic E-state index is 0.682. The molecule has 2 aromatic rings. The van der Waals surface area contributed by atoms with Crippen molar-refractivity contribution in [3.05, 3.63) is 54.6 Å². The van der Waals surface area contributed by atoms with Crippen molar-refractivity contribution in [3.8, 4) is 5.75 Å². The Labute approximate surface area is 96.4 Å². The van der Waals surface area contributed by atoms with Crippen molar-refractivity contribution in [1.82, 2.24) is 0 Å². The second-order valence-corrected chi connectivity index (χ2v) is 3.63. The number of rotatable bonds is 4. The van der Waals surface area contributed by atoms with Crippen molar-refractivity contribution in [3.63, 3.8) is 0 Å². The third kappa shape index (κ3) is 2.08. The summed E-state index contributed by atoms with van der Waals surface area (Å²) in [5, 5.41) is 2.22. The molecule has 0 atom stereocenters. The summed E-state index contributed by atoms with van der Waals surface area (Å²) in [6, 6.07) is 13.6. The van der Waals surface area contributed by atoms with Gasteiger partial charge in [-0.2, -0.15) is 0 Å². The summed E-state index contributed by atoms with van der Waals surface area (Å²) >= 11 is 0. The topological polar surface area (TPSA) is 9.23 Å². The van der Waals surface area contributed by atoms with Gasteiger partial charge < -0.3 is 4.74 Å². The molecule has 0 aliphatic carbocycles. The molecule has 0 amide bonds. The van der Waals surface area contributed by atoms with E-state index in [-0.39, 0.29) is 0 Å². The van der Waals surface area contributed by atoms with Crippen LogP contribution in [-0.4, -0.2) is 6.61 Å². The van der Waals surface area contributed by atoms with E-state index in [2.05, 4.69) is 24.8 Å². The Hall–Kier alpha value is -1.76. The summed E-state index contributed by atoms with van der Waals surface area (Å²) in [4.78, 5) is 0. The second-order valence-electron chi connectivity index (χ2n) is 3.63. The van der Waals surface area contributed by atoms with Crippen LogP contribution < -0.4 is 4.74 Å². The highest BCUT2D eigenvalue weighted by molar-refractivity contribution is 5.88. The van der Waals surface area contributed by atoms with Crippen LogP contribution in [0.2, 0.25) is 0 Å². The van der Waals surface area contributed by atoms with Crippen LogP contribution >= 0.6 is 0 Å². The summed E-state index contributed by atoms with van der Waals surface area (Å²) in [6.07, 6.45) is 2.71. The van der Waals surface area contributed by atoms with E-state index in [1.54, 1.807) is 0 Å². The van der Waals surface area contributed by atoms with Crippen LogP contribution in [-0.2, 0) is 6.42 Å². The highest BCUT2D eigenvalue weighted by atomic mass is 16.5. The maximum absolute atomic E-state index is 5.65. The molecule has 0 aliphatic heterocycles. The van der Waals surface area contributed by atoms with Crippen molar-refractivity contribution in [2.45, 2.75) is 13.3 Å². The van der Waals surface area contributed by atoms with Gasteiger partial charge in [0.05, 0.1) is 6.61 Å². The van der Waals surface area contributed by atoms with Crippen LogP contribution in [0.3, 0.4) is 0 Å². The first-order valence-electron chi connectivity index (χ1n) is 5.52. The molecule has 0 N–H and O–H groups in total. The largest absolute Gasteiger partial charge is 0.493 e. The average molecular weight is 211 g/mol. The lowest BCUT2D eigenvalue weighted by Gasteiger charge is -2.09. The predicted molar refractivity (Wildman–Crippen MR) is 67.9 cm³/mol. The molecule has 16 heavy (non-hydrogen) atoms. The molecule has 0 bridgehead atoms. The van der Waals surface area contributed by atoms with Crippen LogP contribution in [0.1, 0.15) is 12.5 Å². The Balaban J connectivity index is 2.58. The monoisotopic (exact) mass is 211 g/mol. The van der Waals surface area contributed by atoms with E-state index in [0.29, 0.717) is 6.61 Å². The lowest BCUT2D eigenvalue weighted by Crippen LogP contribution is -1.94. The molecule has 0 saturated heterocycles. The zero-order valence-electron chi connectivity index (χ0n) is 9.49. The number of allylic oxidation sites excluding steroid dienone is 1. The fourth-order valence-corrected chi connectivity index (χ4v) is 1.79. The normalized spacial score (nSPS) is 10.3. The first-order valence-corrected chi connectivity index (χ1v) is 5.52. The number of hydrogen-bond donors (Lipinski definition) is 0. The third-order valence-corrected chi connectivity index (χ3v) is 2.46. The van der Waals surface area contributed by atoms with Gasteiger partial charge in [-0.1, -0.05) is 30.3 Å². The molecule has 0 heterocycles. The van der Waals surface area contributed by atoms with Crippen molar-refractivity contribution >= 4 is 10.8 Å². The lowest BCUT2D eigenvalue weighted by molar-refractivity contribution is 0.344. The van der Waals surface area contributed by atoms with E-state index in [1.807, 2.05) is 31.2 Å². The van der Waals surface area contributed by atoms with Gasteiger partial charge in [0.25, 0.3) is 0 Å². The second kappa shape index (κ2) is 4.84. The quantitative estimate of drug-likeness (QED) is 0.699. The van der Waals surface area contributed by atoms with Crippen molar-refractivity contribution in [2.24, 2.45) is 0 Å². The van der Waals surface area contributed by atoms with Gasteiger partial charge >= 0.3 is 0 Å². The van der Waals surface area contributed by atoms with E-state index in [1.165, 1.54) is 0 Å². The molecule has 0 aromatic heterocycles. The lowest BCUT2D eigenvalue weighted by atomic mass is 10.0. The smallest absolute Gasteiger partial charge is 0.127 e. The van der Waals surface area contributed by atoms with E-state index >= 15 is 0 Å². The number of hydrogen-bond acceptors (Lipinski definition) is 1. The van der Waals surface area contributed by atoms with Crippen molar-refractivity contribution in [1.29, 1.82) is 0 Å². The molecule has 0 spiro atoms. The van der Waals surface area contributed by atoms with Gasteiger partial charge in [0.2, 0.25) is 0 Å². The molecule has 0 aliphatic rings. The van der Waals surface area contributed by atoms with Crippen LogP contribution in [0, 0.1) is 6.07 Å². The molecule has 1 nitrogen and oxygen atoms in total. The highest BCUT2D eigenvalue weighted by Crippen LogP contribution is 2.27. The van der Waals surface area contributed by atoms with Gasteiger partial charge in [0.1, 0.15) is 5.75 Å². The van der Waals surface area contributed by atoms with E-state index in [0.717, 1.165) is 28.5 Å². The standard InChI is InChI=1S/C15H15O/c1-3-7-12-10-13-8-5-6-9-14(13)15(11-12)16-4-2/h3,5-6,8-9,11H,1,4,7H2,2H3. The SMILES string of the molecule is C=CCc1[c]c2ccccc2c(OCC)c1. The average Bonchev–Trinajstić information content (AvgIpc) is 2.30. The Morgan fingerprint density at radius 3 is 2.94 bits per heavy atom. The van der Waals surface area contributed by atoms with E-state index in [9.17, 15) is 0 Å². The molecule has 0 fully saturated rings. The number of ether oxygens (including phenoxy) is 1. The maximum Gasteiger partial charge on any atom is 0.127 e. The molecular formula is C15H15O. The van der Waals surface area contributed by atoms with Crippen LogP contribution in [0.25, 0.3) is 10.8 Å². The molecule has 81 valence electrons. The summed E-state index contributed by atoms with van der Waals surface area (Å²) in [5.41, 5.74) is 1.12. The number of fused-ring (bicyclic) bond motifs is 1. The zero-order valence-corrected chi connectivity index (χ0v) is 9.49. The predicted octanol–water partition coefficient (Wildman–Crippen LogP) is 3.77. The molecular weight excluding hydrogens is 196 g/mol. The van der Waals surface area contributed by atoms with Gasteiger partial charge in [0, 0.05) is 5.39 Å². The first-order chi connectivity index (χ1) is 7.85. The van der Waals surface area contributed by atoms with Gasteiger partial charge in [-0.05, 0) is 36.4 Å². The van der Waals surface area contributed by atoms with Crippen LogP contribution in [0.5, 0.6) is 5.75 Å². The van der Waals surface area contributed by atoms with Crippen molar-refractivity contribution in [2.75, 3.05) is 6.61 Å². The molecule has 0 saturated carbocycles. The summed E-state index contributed by atoms with van der Waals surface area (Å²) in [6.45, 7) is 6.43. The van der Waals surface area contributed by atoms with Gasteiger partial charge in [0.15, 0.2) is 0 Å².